The molecule has 4 nitrogen and oxygen atoms in total. The number of hydrogen-bond acceptors (Lipinski definition) is 3. The van der Waals surface area contributed by atoms with Crippen LogP contribution in [-0.2, 0) is 0 Å². The smallest absolute Gasteiger partial charge is 0.274 e. The number of carbonyl (C=O) groups excluding carboxylic acids is 1. The van der Waals surface area contributed by atoms with Crippen molar-refractivity contribution in [3.05, 3.63) is 71.7 Å². The van der Waals surface area contributed by atoms with E-state index >= 15 is 0 Å². The van der Waals surface area contributed by atoms with Gasteiger partial charge in [-0.15, -0.1) is 0 Å². The van der Waals surface area contributed by atoms with Crippen molar-refractivity contribution in [2.24, 2.45) is 5.10 Å². The Labute approximate surface area is 122 Å². The van der Waals surface area contributed by atoms with Gasteiger partial charge in [0.1, 0.15) is 5.76 Å². The van der Waals surface area contributed by atoms with Crippen LogP contribution in [-0.4, -0.2) is 12.1 Å². The third-order valence-corrected chi connectivity index (χ3v) is 3.26. The Hall–Kier alpha value is -2.88. The number of benzene rings is 2. The second-order valence-corrected chi connectivity index (χ2v) is 4.70. The molecule has 0 saturated heterocycles. The Morgan fingerprint density at radius 1 is 1.14 bits per heavy atom. The third-order valence-electron chi connectivity index (χ3n) is 3.26. The highest BCUT2D eigenvalue weighted by Gasteiger charge is 2.09. The van der Waals surface area contributed by atoms with Gasteiger partial charge >= 0.3 is 0 Å². The molecule has 0 saturated carbocycles. The predicted octanol–water partition coefficient (Wildman–Crippen LogP) is 3.51. The van der Waals surface area contributed by atoms with Gasteiger partial charge in [0.25, 0.3) is 5.91 Å². The highest BCUT2D eigenvalue weighted by atomic mass is 16.3. The zero-order valence-electron chi connectivity index (χ0n) is 11.5. The topological polar surface area (TPSA) is 54.6 Å². The second-order valence-electron chi connectivity index (χ2n) is 4.70. The van der Waals surface area contributed by atoms with E-state index in [1.165, 1.54) is 11.6 Å². The molecule has 3 rings (SSSR count). The maximum absolute atomic E-state index is 11.8. The maximum Gasteiger partial charge on any atom is 0.274 e. The van der Waals surface area contributed by atoms with Gasteiger partial charge in [-0.3, -0.25) is 4.79 Å². The molecule has 0 atom stereocenters. The molecule has 2 aromatic carbocycles. The highest BCUT2D eigenvalue weighted by molar-refractivity contribution is 5.96. The maximum atomic E-state index is 11.8. The normalized spacial score (nSPS) is 11.1. The van der Waals surface area contributed by atoms with Gasteiger partial charge in [-0.1, -0.05) is 36.4 Å². The molecule has 0 aliphatic rings. The predicted molar refractivity (Wildman–Crippen MR) is 82.5 cm³/mol. The van der Waals surface area contributed by atoms with Crippen molar-refractivity contribution < 1.29 is 9.21 Å². The molecule has 21 heavy (non-hydrogen) atoms. The van der Waals surface area contributed by atoms with Crippen LogP contribution in [0.25, 0.3) is 10.8 Å². The molecule has 1 aromatic heterocycles. The van der Waals surface area contributed by atoms with Crippen LogP contribution < -0.4 is 5.43 Å². The van der Waals surface area contributed by atoms with E-state index in [9.17, 15) is 4.79 Å². The number of rotatable bonds is 3. The van der Waals surface area contributed by atoms with Crippen LogP contribution in [0.4, 0.5) is 0 Å². The van der Waals surface area contributed by atoms with Gasteiger partial charge in [0, 0.05) is 0 Å². The minimum Gasteiger partial charge on any atom is -0.469 e. The van der Waals surface area contributed by atoms with Crippen molar-refractivity contribution >= 4 is 22.9 Å². The lowest BCUT2D eigenvalue weighted by molar-refractivity contribution is 0.0953. The van der Waals surface area contributed by atoms with E-state index in [1.54, 1.807) is 19.2 Å². The first-order chi connectivity index (χ1) is 10.2. The van der Waals surface area contributed by atoms with Crippen molar-refractivity contribution in [3.8, 4) is 0 Å². The highest BCUT2D eigenvalue weighted by Crippen LogP contribution is 2.14. The van der Waals surface area contributed by atoms with E-state index in [0.717, 1.165) is 10.9 Å². The van der Waals surface area contributed by atoms with Crippen LogP contribution in [0.3, 0.4) is 0 Å². The minimum atomic E-state index is -0.279. The van der Waals surface area contributed by atoms with Crippen LogP contribution >= 0.6 is 0 Å². The van der Waals surface area contributed by atoms with Crippen molar-refractivity contribution in [3.63, 3.8) is 0 Å². The first-order valence-corrected chi connectivity index (χ1v) is 6.60. The van der Waals surface area contributed by atoms with Crippen LogP contribution in [0.15, 0.2) is 64.3 Å². The van der Waals surface area contributed by atoms with E-state index in [2.05, 4.69) is 16.6 Å². The summed E-state index contributed by atoms with van der Waals surface area (Å²) in [6.07, 6.45) is 3.11. The minimum absolute atomic E-state index is 0.279. The summed E-state index contributed by atoms with van der Waals surface area (Å²) in [4.78, 5) is 11.8. The van der Waals surface area contributed by atoms with E-state index in [4.69, 9.17) is 4.42 Å². The number of amides is 1. The van der Waals surface area contributed by atoms with Gasteiger partial charge < -0.3 is 4.42 Å². The summed E-state index contributed by atoms with van der Waals surface area (Å²) in [5.74, 6) is 0.298. The van der Waals surface area contributed by atoms with E-state index in [0.29, 0.717) is 11.3 Å². The second kappa shape index (κ2) is 5.63. The molecule has 0 aliphatic carbocycles. The summed E-state index contributed by atoms with van der Waals surface area (Å²) in [5.41, 5.74) is 3.91. The first kappa shape index (κ1) is 13.1. The summed E-state index contributed by atoms with van der Waals surface area (Å²) in [6.45, 7) is 1.74. The fourth-order valence-corrected chi connectivity index (χ4v) is 2.13. The number of hydrogen-bond donors (Lipinski definition) is 1. The molecule has 0 spiro atoms. The SMILES string of the molecule is Cc1occc1C(=O)N/N=C\c1ccc2ccccc2c1. The lowest BCUT2D eigenvalue weighted by atomic mass is 10.1. The van der Waals surface area contributed by atoms with Crippen LogP contribution in [0, 0.1) is 6.92 Å². The molecule has 0 bridgehead atoms. The van der Waals surface area contributed by atoms with Crippen molar-refractivity contribution in [2.45, 2.75) is 6.92 Å². The Morgan fingerprint density at radius 2 is 1.95 bits per heavy atom. The van der Waals surface area contributed by atoms with Crippen molar-refractivity contribution in [2.75, 3.05) is 0 Å². The summed E-state index contributed by atoms with van der Waals surface area (Å²) >= 11 is 0. The van der Waals surface area contributed by atoms with Crippen LogP contribution in [0.1, 0.15) is 21.7 Å². The van der Waals surface area contributed by atoms with Crippen LogP contribution in [0.2, 0.25) is 0 Å². The van der Waals surface area contributed by atoms with Crippen LogP contribution in [0.5, 0.6) is 0 Å². The van der Waals surface area contributed by atoms with E-state index in [1.807, 2.05) is 36.4 Å². The molecule has 0 fully saturated rings. The number of nitrogens with zero attached hydrogens (tertiary/aromatic N) is 1. The van der Waals surface area contributed by atoms with E-state index in [-0.39, 0.29) is 5.91 Å². The van der Waals surface area contributed by atoms with Gasteiger partial charge in [-0.05, 0) is 35.4 Å². The van der Waals surface area contributed by atoms with Crippen molar-refractivity contribution in [1.29, 1.82) is 0 Å². The number of nitrogens with one attached hydrogen (secondary N) is 1. The molecule has 0 aliphatic heterocycles. The number of fused-ring (bicyclic) bond motifs is 1. The third kappa shape index (κ3) is 2.84. The zero-order chi connectivity index (χ0) is 14.7. The molecule has 1 heterocycles. The van der Waals surface area contributed by atoms with Gasteiger partial charge in [-0.2, -0.15) is 5.10 Å². The number of hydrazone groups is 1. The quantitative estimate of drug-likeness (QED) is 0.589. The molecule has 4 heteroatoms. The Balaban J connectivity index is 1.73. The fourth-order valence-electron chi connectivity index (χ4n) is 2.13. The van der Waals surface area contributed by atoms with E-state index < -0.39 is 0 Å². The first-order valence-electron chi connectivity index (χ1n) is 6.60. The zero-order valence-corrected chi connectivity index (χ0v) is 11.5. The standard InChI is InChI=1S/C17H14N2O2/c1-12-16(8-9-21-12)17(20)19-18-11-13-6-7-14-4-2-3-5-15(14)10-13/h2-11H,1H3,(H,19,20)/b18-11-. The summed E-state index contributed by atoms with van der Waals surface area (Å²) in [6, 6.07) is 15.7. The van der Waals surface area contributed by atoms with Gasteiger partial charge in [0.2, 0.25) is 0 Å². The molecule has 1 amide bonds. The molecule has 0 radical (unpaired) electrons. The number of aryl methyl sites for hydroxylation is 1. The molecule has 104 valence electrons. The summed E-state index contributed by atoms with van der Waals surface area (Å²) < 4.78 is 5.09. The number of carbonyl (C=O) groups is 1. The molecule has 0 unspecified atom stereocenters. The molecule has 3 aromatic rings. The lowest BCUT2D eigenvalue weighted by Gasteiger charge is -2.00. The summed E-state index contributed by atoms with van der Waals surface area (Å²) in [5, 5.41) is 6.29. The van der Waals surface area contributed by atoms with Gasteiger partial charge in [0.05, 0.1) is 18.0 Å². The van der Waals surface area contributed by atoms with Crippen molar-refractivity contribution in [1.82, 2.24) is 5.43 Å². The van der Waals surface area contributed by atoms with Gasteiger partial charge in [0.15, 0.2) is 0 Å². The number of furan rings is 1. The molecular weight excluding hydrogens is 264 g/mol. The Bertz CT molecular complexity index is 818. The fraction of sp³-hybridized carbons (Fsp3) is 0.0588. The molecule has 1 N–H and O–H groups in total. The van der Waals surface area contributed by atoms with Gasteiger partial charge in [-0.25, -0.2) is 5.43 Å². The lowest BCUT2D eigenvalue weighted by Crippen LogP contribution is -2.17. The Kier molecular flexibility index (Phi) is 3.51. The monoisotopic (exact) mass is 278 g/mol. The average molecular weight is 278 g/mol. The Morgan fingerprint density at radius 3 is 2.71 bits per heavy atom. The average Bonchev–Trinajstić information content (AvgIpc) is 2.93. The largest absolute Gasteiger partial charge is 0.469 e. The molecular formula is C17H14N2O2. The summed E-state index contributed by atoms with van der Waals surface area (Å²) in [7, 11) is 0.